The Bertz CT molecular complexity index is 528. The van der Waals surface area contributed by atoms with E-state index in [-0.39, 0.29) is 11.8 Å². The third-order valence-corrected chi connectivity index (χ3v) is 3.53. The Morgan fingerprint density at radius 3 is 2.81 bits per heavy atom. The fourth-order valence-electron chi connectivity index (χ4n) is 2.51. The molecule has 1 N–H and O–H groups in total. The van der Waals surface area contributed by atoms with E-state index in [9.17, 15) is 9.59 Å². The minimum Gasteiger partial charge on any atom is -0.497 e. The molecule has 1 unspecified atom stereocenters. The predicted octanol–water partition coefficient (Wildman–Crippen LogP) is 1.96. The van der Waals surface area contributed by atoms with Gasteiger partial charge in [0.1, 0.15) is 11.8 Å². The first-order chi connectivity index (χ1) is 10.0. The van der Waals surface area contributed by atoms with E-state index in [1.807, 2.05) is 38.1 Å². The lowest BCUT2D eigenvalue weighted by Gasteiger charge is -2.25. The molecule has 5 heteroatoms. The summed E-state index contributed by atoms with van der Waals surface area (Å²) in [5, 5.41) is 2.83. The van der Waals surface area contributed by atoms with Crippen LogP contribution in [-0.2, 0) is 9.59 Å². The van der Waals surface area contributed by atoms with Gasteiger partial charge in [-0.2, -0.15) is 0 Å². The molecule has 21 heavy (non-hydrogen) atoms. The number of carbonyl (C=O) groups excluding carboxylic acids is 2. The van der Waals surface area contributed by atoms with E-state index in [2.05, 4.69) is 5.32 Å². The molecule has 1 atom stereocenters. The first kappa shape index (κ1) is 15.4. The first-order valence-corrected chi connectivity index (χ1v) is 7.26. The molecule has 5 nitrogen and oxygen atoms in total. The van der Waals surface area contributed by atoms with E-state index < -0.39 is 6.04 Å². The average molecular weight is 290 g/mol. The number of hydrogen-bond acceptors (Lipinski definition) is 3. The molecule has 0 saturated carbocycles. The Hall–Kier alpha value is -2.04. The highest BCUT2D eigenvalue weighted by molar-refractivity contribution is 6.01. The van der Waals surface area contributed by atoms with Crippen LogP contribution >= 0.6 is 0 Å². The van der Waals surface area contributed by atoms with Crippen molar-refractivity contribution in [2.24, 2.45) is 5.92 Å². The van der Waals surface area contributed by atoms with Crippen LogP contribution in [0, 0.1) is 5.92 Å². The normalized spacial score (nSPS) is 19.4. The van der Waals surface area contributed by atoms with Crippen LogP contribution in [0.1, 0.15) is 26.7 Å². The molecule has 1 heterocycles. The van der Waals surface area contributed by atoms with Gasteiger partial charge in [-0.25, -0.2) is 0 Å². The maximum atomic E-state index is 12.7. The molecule has 0 bridgehead atoms. The van der Waals surface area contributed by atoms with Crippen LogP contribution in [0.2, 0.25) is 0 Å². The molecular formula is C16H22N2O3. The van der Waals surface area contributed by atoms with Gasteiger partial charge in [-0.05, 0) is 24.5 Å². The number of carbonyl (C=O) groups is 2. The van der Waals surface area contributed by atoms with E-state index >= 15 is 0 Å². The van der Waals surface area contributed by atoms with Crippen LogP contribution in [0.5, 0.6) is 5.75 Å². The lowest BCUT2D eigenvalue weighted by molar-refractivity contribution is -0.125. The standard InChI is InChI=1S/C16H22N2O3/c1-11(2)9-14-16(20)18(8-7-15(19)17-14)12-5-4-6-13(10-12)21-3/h4-6,10-11,14H,7-9H2,1-3H3,(H,17,19). The van der Waals surface area contributed by atoms with Gasteiger partial charge in [0.15, 0.2) is 0 Å². The second-order valence-corrected chi connectivity index (χ2v) is 5.69. The lowest BCUT2D eigenvalue weighted by atomic mass is 10.0. The monoisotopic (exact) mass is 290 g/mol. The molecule has 1 aromatic carbocycles. The molecule has 1 fully saturated rings. The summed E-state index contributed by atoms with van der Waals surface area (Å²) in [5.41, 5.74) is 0.768. The molecule has 1 aliphatic rings. The summed E-state index contributed by atoms with van der Waals surface area (Å²) in [6, 6.07) is 6.91. The molecule has 1 aliphatic heterocycles. The number of amides is 2. The van der Waals surface area contributed by atoms with Gasteiger partial charge in [0.25, 0.3) is 0 Å². The summed E-state index contributed by atoms with van der Waals surface area (Å²) in [6.45, 7) is 4.48. The fourth-order valence-corrected chi connectivity index (χ4v) is 2.51. The largest absolute Gasteiger partial charge is 0.497 e. The molecular weight excluding hydrogens is 268 g/mol. The summed E-state index contributed by atoms with van der Waals surface area (Å²) < 4.78 is 5.20. The van der Waals surface area contributed by atoms with Crippen molar-refractivity contribution in [1.82, 2.24) is 5.32 Å². The minimum absolute atomic E-state index is 0.0530. The molecule has 1 aromatic rings. The molecule has 0 aromatic heterocycles. The van der Waals surface area contributed by atoms with Crippen molar-refractivity contribution in [1.29, 1.82) is 0 Å². The quantitative estimate of drug-likeness (QED) is 0.922. The molecule has 0 spiro atoms. The Morgan fingerprint density at radius 2 is 2.14 bits per heavy atom. The zero-order valence-electron chi connectivity index (χ0n) is 12.8. The summed E-state index contributed by atoms with van der Waals surface area (Å²) in [5.74, 6) is 0.913. The van der Waals surface area contributed by atoms with Crippen molar-refractivity contribution in [2.45, 2.75) is 32.7 Å². The number of nitrogens with zero attached hydrogens (tertiary/aromatic N) is 1. The summed E-state index contributed by atoms with van der Waals surface area (Å²) in [7, 11) is 1.59. The van der Waals surface area contributed by atoms with Crippen molar-refractivity contribution < 1.29 is 14.3 Å². The summed E-state index contributed by atoms with van der Waals surface area (Å²) in [6.07, 6.45) is 0.961. The van der Waals surface area contributed by atoms with E-state index in [0.29, 0.717) is 31.1 Å². The predicted molar refractivity (Wildman–Crippen MR) is 81.3 cm³/mol. The average Bonchev–Trinajstić information content (AvgIpc) is 2.58. The number of rotatable bonds is 4. The van der Waals surface area contributed by atoms with Crippen LogP contribution in [-0.4, -0.2) is 31.5 Å². The van der Waals surface area contributed by atoms with Crippen LogP contribution in [0.25, 0.3) is 0 Å². The van der Waals surface area contributed by atoms with Gasteiger partial charge in [0.05, 0.1) is 7.11 Å². The topological polar surface area (TPSA) is 58.6 Å². The van der Waals surface area contributed by atoms with Gasteiger partial charge in [-0.1, -0.05) is 19.9 Å². The fraction of sp³-hybridized carbons (Fsp3) is 0.500. The highest BCUT2D eigenvalue weighted by Crippen LogP contribution is 2.24. The second-order valence-electron chi connectivity index (χ2n) is 5.69. The van der Waals surface area contributed by atoms with E-state index in [1.54, 1.807) is 12.0 Å². The van der Waals surface area contributed by atoms with E-state index in [0.717, 1.165) is 5.69 Å². The number of anilines is 1. The van der Waals surface area contributed by atoms with Gasteiger partial charge < -0.3 is 15.0 Å². The summed E-state index contributed by atoms with van der Waals surface area (Å²) in [4.78, 5) is 26.2. The molecule has 2 rings (SSSR count). The third kappa shape index (κ3) is 3.74. The highest BCUT2D eigenvalue weighted by atomic mass is 16.5. The smallest absolute Gasteiger partial charge is 0.249 e. The van der Waals surface area contributed by atoms with Crippen LogP contribution in [0.4, 0.5) is 5.69 Å². The number of ether oxygens (including phenoxy) is 1. The van der Waals surface area contributed by atoms with Gasteiger partial charge in [-0.15, -0.1) is 0 Å². The maximum Gasteiger partial charge on any atom is 0.249 e. The molecule has 1 saturated heterocycles. The van der Waals surface area contributed by atoms with Crippen molar-refractivity contribution in [3.63, 3.8) is 0 Å². The Balaban J connectivity index is 2.27. The Kier molecular flexibility index (Phi) is 4.83. The van der Waals surface area contributed by atoms with Crippen molar-refractivity contribution in [3.05, 3.63) is 24.3 Å². The number of nitrogens with one attached hydrogen (secondary N) is 1. The maximum absolute atomic E-state index is 12.7. The Labute approximate surface area is 125 Å². The molecule has 114 valence electrons. The van der Waals surface area contributed by atoms with Crippen LogP contribution < -0.4 is 15.0 Å². The van der Waals surface area contributed by atoms with Gasteiger partial charge in [-0.3, -0.25) is 9.59 Å². The second kappa shape index (κ2) is 6.61. The number of methoxy groups -OCH3 is 1. The highest BCUT2D eigenvalue weighted by Gasteiger charge is 2.31. The van der Waals surface area contributed by atoms with Gasteiger partial charge in [0, 0.05) is 24.7 Å². The zero-order chi connectivity index (χ0) is 15.4. The third-order valence-electron chi connectivity index (χ3n) is 3.53. The Morgan fingerprint density at radius 1 is 1.38 bits per heavy atom. The van der Waals surface area contributed by atoms with Gasteiger partial charge >= 0.3 is 0 Å². The SMILES string of the molecule is COc1cccc(N2CCC(=O)NC(CC(C)C)C2=O)c1. The van der Waals surface area contributed by atoms with Crippen LogP contribution in [0.3, 0.4) is 0 Å². The van der Waals surface area contributed by atoms with Crippen molar-refractivity contribution >= 4 is 17.5 Å². The zero-order valence-corrected chi connectivity index (χ0v) is 12.8. The molecule has 2 amide bonds. The molecule has 0 radical (unpaired) electrons. The molecule has 0 aliphatic carbocycles. The van der Waals surface area contributed by atoms with Crippen molar-refractivity contribution in [2.75, 3.05) is 18.6 Å². The van der Waals surface area contributed by atoms with E-state index in [1.165, 1.54) is 0 Å². The number of benzene rings is 1. The van der Waals surface area contributed by atoms with Crippen LogP contribution in [0.15, 0.2) is 24.3 Å². The van der Waals surface area contributed by atoms with E-state index in [4.69, 9.17) is 4.74 Å². The van der Waals surface area contributed by atoms with Gasteiger partial charge in [0.2, 0.25) is 11.8 Å². The summed E-state index contributed by atoms with van der Waals surface area (Å²) >= 11 is 0. The minimum atomic E-state index is -0.453. The van der Waals surface area contributed by atoms with Crippen molar-refractivity contribution in [3.8, 4) is 5.75 Å². The lowest BCUT2D eigenvalue weighted by Crippen LogP contribution is -2.45. The number of hydrogen-bond donors (Lipinski definition) is 1. The first-order valence-electron chi connectivity index (χ1n) is 7.26.